The monoisotopic (exact) mass is 470 g/mol. The van der Waals surface area contributed by atoms with Gasteiger partial charge in [-0.2, -0.15) is 0 Å². The van der Waals surface area contributed by atoms with Gasteiger partial charge in [0.25, 0.3) is 5.91 Å². The summed E-state index contributed by atoms with van der Waals surface area (Å²) < 4.78 is 6.62. The van der Waals surface area contributed by atoms with Crippen molar-refractivity contribution in [2.75, 3.05) is 13.2 Å². The van der Waals surface area contributed by atoms with Crippen molar-refractivity contribution in [3.8, 4) is 5.75 Å². The summed E-state index contributed by atoms with van der Waals surface area (Å²) in [5.74, 6) is 1.24. The Labute approximate surface area is 183 Å². The second-order valence-electron chi connectivity index (χ2n) is 6.53. The van der Waals surface area contributed by atoms with Gasteiger partial charge in [0.15, 0.2) is 6.61 Å². The molecule has 0 bridgehead atoms. The van der Waals surface area contributed by atoms with Crippen LogP contribution in [0.25, 0.3) is 0 Å². The molecule has 0 unspecified atom stereocenters. The molecular weight excluding hydrogens is 448 g/mol. The third-order valence-electron chi connectivity index (χ3n) is 4.21. The van der Waals surface area contributed by atoms with Gasteiger partial charge < -0.3 is 19.9 Å². The summed E-state index contributed by atoms with van der Waals surface area (Å²) in [4.78, 5) is 24.5. The van der Waals surface area contributed by atoms with Gasteiger partial charge in [-0.25, -0.2) is 4.98 Å². The highest BCUT2D eigenvalue weighted by molar-refractivity contribution is 9.10. The number of H-pyrrole nitrogens is 1. The number of halogens is 1. The number of carbonyl (C=O) groups is 1. The van der Waals surface area contributed by atoms with E-state index in [-0.39, 0.29) is 12.5 Å². The lowest BCUT2D eigenvalue weighted by atomic mass is 10.1. The normalized spacial score (nSPS) is 11.2. The lowest BCUT2D eigenvalue weighted by Gasteiger charge is -2.09. The van der Waals surface area contributed by atoms with Gasteiger partial charge in [0.1, 0.15) is 18.2 Å². The SMILES string of the molecule is CC(=NOCc1ccc(Br)cc1)c1cccc(OCC(=O)NCCc2ncc[nH]2)c1. The van der Waals surface area contributed by atoms with Crippen LogP contribution in [0.5, 0.6) is 5.75 Å². The predicted octanol–water partition coefficient (Wildman–Crippen LogP) is 3.85. The molecule has 0 aliphatic rings. The molecule has 0 radical (unpaired) electrons. The van der Waals surface area contributed by atoms with Crippen molar-refractivity contribution in [1.29, 1.82) is 0 Å². The van der Waals surface area contributed by atoms with E-state index >= 15 is 0 Å². The molecular formula is C22H23BrN4O3. The summed E-state index contributed by atoms with van der Waals surface area (Å²) in [6.07, 6.45) is 4.08. The van der Waals surface area contributed by atoms with Crippen molar-refractivity contribution < 1.29 is 14.4 Å². The first-order valence-corrected chi connectivity index (χ1v) is 10.3. The van der Waals surface area contributed by atoms with E-state index in [1.807, 2.05) is 49.4 Å². The highest BCUT2D eigenvalue weighted by atomic mass is 79.9. The molecule has 0 aliphatic heterocycles. The molecule has 7 nitrogen and oxygen atoms in total. The average molecular weight is 471 g/mol. The van der Waals surface area contributed by atoms with E-state index in [0.29, 0.717) is 25.3 Å². The van der Waals surface area contributed by atoms with Crippen LogP contribution >= 0.6 is 15.9 Å². The Balaban J connectivity index is 1.44. The molecule has 8 heteroatoms. The molecule has 3 aromatic rings. The number of nitrogens with zero attached hydrogens (tertiary/aromatic N) is 2. The number of oxime groups is 1. The molecule has 2 N–H and O–H groups in total. The third kappa shape index (κ3) is 7.04. The van der Waals surface area contributed by atoms with E-state index in [4.69, 9.17) is 9.57 Å². The van der Waals surface area contributed by atoms with Gasteiger partial charge in [-0.05, 0) is 36.8 Å². The average Bonchev–Trinajstić information content (AvgIpc) is 3.27. The highest BCUT2D eigenvalue weighted by Crippen LogP contribution is 2.15. The van der Waals surface area contributed by atoms with Crippen molar-refractivity contribution in [1.82, 2.24) is 15.3 Å². The minimum Gasteiger partial charge on any atom is -0.484 e. The van der Waals surface area contributed by atoms with Gasteiger partial charge in [-0.15, -0.1) is 0 Å². The molecule has 1 heterocycles. The van der Waals surface area contributed by atoms with Crippen LogP contribution in [0.3, 0.4) is 0 Å². The Morgan fingerprint density at radius 1 is 1.23 bits per heavy atom. The fourth-order valence-corrected chi connectivity index (χ4v) is 2.87. The second kappa shape index (κ2) is 11.2. The number of ether oxygens (including phenoxy) is 1. The van der Waals surface area contributed by atoms with Crippen LogP contribution < -0.4 is 10.1 Å². The molecule has 0 fully saturated rings. The summed E-state index contributed by atoms with van der Waals surface area (Å²) in [7, 11) is 0. The maximum absolute atomic E-state index is 11.9. The molecule has 30 heavy (non-hydrogen) atoms. The maximum atomic E-state index is 11.9. The molecule has 0 atom stereocenters. The number of aromatic amines is 1. The zero-order chi connectivity index (χ0) is 21.2. The van der Waals surface area contributed by atoms with Crippen LogP contribution in [-0.4, -0.2) is 34.7 Å². The van der Waals surface area contributed by atoms with Crippen molar-refractivity contribution in [2.24, 2.45) is 5.16 Å². The number of benzene rings is 2. The second-order valence-corrected chi connectivity index (χ2v) is 7.44. The first-order valence-electron chi connectivity index (χ1n) is 9.49. The summed E-state index contributed by atoms with van der Waals surface area (Å²) in [6, 6.07) is 15.3. The van der Waals surface area contributed by atoms with Crippen molar-refractivity contribution in [3.05, 3.63) is 82.3 Å². The van der Waals surface area contributed by atoms with Gasteiger partial charge in [0.05, 0.1) is 5.71 Å². The van der Waals surface area contributed by atoms with Crippen LogP contribution in [0, 0.1) is 0 Å². The lowest BCUT2D eigenvalue weighted by Crippen LogP contribution is -2.30. The molecule has 0 spiro atoms. The van der Waals surface area contributed by atoms with Crippen molar-refractivity contribution in [3.63, 3.8) is 0 Å². The maximum Gasteiger partial charge on any atom is 0.257 e. The number of nitrogens with one attached hydrogen (secondary N) is 2. The molecule has 1 amide bonds. The predicted molar refractivity (Wildman–Crippen MR) is 118 cm³/mol. The van der Waals surface area contributed by atoms with Crippen molar-refractivity contribution in [2.45, 2.75) is 20.0 Å². The Morgan fingerprint density at radius 3 is 2.83 bits per heavy atom. The number of rotatable bonds is 10. The topological polar surface area (TPSA) is 88.6 Å². The van der Waals surface area contributed by atoms with Crippen LogP contribution in [-0.2, 0) is 22.7 Å². The minimum absolute atomic E-state index is 0.0577. The molecule has 2 aromatic carbocycles. The third-order valence-corrected chi connectivity index (χ3v) is 4.74. The fraction of sp³-hybridized carbons (Fsp3) is 0.227. The number of aromatic nitrogens is 2. The van der Waals surface area contributed by atoms with Crippen molar-refractivity contribution >= 4 is 27.5 Å². The largest absolute Gasteiger partial charge is 0.484 e. The van der Waals surface area contributed by atoms with Crippen LogP contribution in [0.4, 0.5) is 0 Å². The van der Waals surface area contributed by atoms with Gasteiger partial charge in [0, 0.05) is 35.4 Å². The van der Waals surface area contributed by atoms with Gasteiger partial charge in [-0.3, -0.25) is 4.79 Å². The Hall–Kier alpha value is -3.13. The number of imidazole rings is 1. The number of hydrogen-bond donors (Lipinski definition) is 2. The van der Waals surface area contributed by atoms with Gasteiger partial charge in [0.2, 0.25) is 0 Å². The van der Waals surface area contributed by atoms with E-state index in [1.165, 1.54) is 0 Å². The van der Waals surface area contributed by atoms with E-state index in [1.54, 1.807) is 18.5 Å². The van der Waals surface area contributed by atoms with E-state index in [0.717, 1.165) is 27.1 Å². The molecule has 156 valence electrons. The van der Waals surface area contributed by atoms with Crippen LogP contribution in [0.15, 0.2) is 70.6 Å². The molecule has 0 saturated carbocycles. The van der Waals surface area contributed by atoms with Crippen LogP contribution in [0.1, 0.15) is 23.9 Å². The lowest BCUT2D eigenvalue weighted by molar-refractivity contribution is -0.123. The number of carbonyl (C=O) groups excluding carboxylic acids is 1. The summed E-state index contributed by atoms with van der Waals surface area (Å²) in [5, 5.41) is 6.98. The smallest absolute Gasteiger partial charge is 0.257 e. The zero-order valence-corrected chi connectivity index (χ0v) is 18.2. The van der Waals surface area contributed by atoms with Gasteiger partial charge in [-0.1, -0.05) is 45.4 Å². The van der Waals surface area contributed by atoms with E-state index in [9.17, 15) is 4.79 Å². The standard InChI is InChI=1S/C22H23BrN4O3/c1-16(27-30-14-17-5-7-19(23)8-6-17)18-3-2-4-20(13-18)29-15-22(28)26-10-9-21-24-11-12-25-21/h2-8,11-13H,9-10,14-15H2,1H3,(H,24,25)(H,26,28). The first-order chi connectivity index (χ1) is 14.6. The quantitative estimate of drug-likeness (QED) is 0.347. The Morgan fingerprint density at radius 2 is 2.07 bits per heavy atom. The Bertz CT molecular complexity index is 972. The number of amides is 1. The molecule has 0 aliphatic carbocycles. The van der Waals surface area contributed by atoms with Gasteiger partial charge >= 0.3 is 0 Å². The van der Waals surface area contributed by atoms with E-state index in [2.05, 4.69) is 36.4 Å². The minimum atomic E-state index is -0.185. The molecule has 0 saturated heterocycles. The van der Waals surface area contributed by atoms with Crippen LogP contribution in [0.2, 0.25) is 0 Å². The van der Waals surface area contributed by atoms with E-state index < -0.39 is 0 Å². The number of hydrogen-bond acceptors (Lipinski definition) is 5. The summed E-state index contributed by atoms with van der Waals surface area (Å²) in [6.45, 7) is 2.69. The summed E-state index contributed by atoms with van der Waals surface area (Å²) >= 11 is 3.41. The molecule has 1 aromatic heterocycles. The molecule has 3 rings (SSSR count). The highest BCUT2D eigenvalue weighted by Gasteiger charge is 2.05. The zero-order valence-electron chi connectivity index (χ0n) is 16.6. The Kier molecular flexibility index (Phi) is 8.02. The first kappa shape index (κ1) is 21.6. The fourth-order valence-electron chi connectivity index (χ4n) is 2.60. The summed E-state index contributed by atoms with van der Waals surface area (Å²) in [5.41, 5.74) is 2.62.